The number of rotatable bonds is 8. The minimum Gasteiger partial charge on any atom is -0.507 e. The quantitative estimate of drug-likeness (QED) is 0.263. The van der Waals surface area contributed by atoms with Gasteiger partial charge in [0.15, 0.2) is 5.75 Å². The molecule has 0 radical (unpaired) electrons. The molecule has 4 rings (SSSR count). The molecule has 3 N–H and O–H groups in total. The molecule has 0 aliphatic rings. The Labute approximate surface area is 235 Å². The Morgan fingerprint density at radius 3 is 2.34 bits per heavy atom. The first-order valence-electron chi connectivity index (χ1n) is 10.6. The Bertz CT molecular complexity index is 1730. The number of nitrogens with one attached hydrogen (secondary N) is 2. The van der Waals surface area contributed by atoms with Crippen LogP contribution in [0.4, 0.5) is 0 Å². The normalized spacial score (nSPS) is 11.5. The molecule has 0 fully saturated rings. The Hall–Kier alpha value is -3.06. The SMILES string of the molecule is O=c1cnn(-c2cc(Cl)c(Oc3ccc(O)c(S(=O)(=O)NCCc4ccc(Cl)cc4Cl)c3)c(Cl)c2)c(=O)[nH]1. The molecule has 38 heavy (non-hydrogen) atoms. The number of phenolic OH excluding ortho intramolecular Hbond substituents is 1. The first-order chi connectivity index (χ1) is 17.9. The van der Waals surface area contributed by atoms with Crippen molar-refractivity contribution >= 4 is 56.4 Å². The van der Waals surface area contributed by atoms with Crippen molar-refractivity contribution in [3.8, 4) is 22.9 Å². The minimum absolute atomic E-state index is 0.000182. The number of aromatic hydroxyl groups is 1. The monoisotopic (exact) mass is 616 g/mol. The van der Waals surface area contributed by atoms with Crippen molar-refractivity contribution in [2.75, 3.05) is 6.54 Å². The van der Waals surface area contributed by atoms with Crippen molar-refractivity contribution in [3.63, 3.8) is 0 Å². The van der Waals surface area contributed by atoms with Crippen LogP contribution in [0, 0.1) is 0 Å². The van der Waals surface area contributed by atoms with Crippen LogP contribution in [0.25, 0.3) is 5.69 Å². The largest absolute Gasteiger partial charge is 0.507 e. The summed E-state index contributed by atoms with van der Waals surface area (Å²) >= 11 is 24.6. The third-order valence-electron chi connectivity index (χ3n) is 5.08. The molecule has 1 aromatic heterocycles. The lowest BCUT2D eigenvalue weighted by Gasteiger charge is -2.14. The third-order valence-corrected chi connectivity index (χ3v) is 7.72. The van der Waals surface area contributed by atoms with Gasteiger partial charge in [-0.25, -0.2) is 17.9 Å². The average molecular weight is 618 g/mol. The molecule has 0 unspecified atom stereocenters. The van der Waals surface area contributed by atoms with Crippen molar-refractivity contribution in [1.29, 1.82) is 0 Å². The van der Waals surface area contributed by atoms with Gasteiger partial charge >= 0.3 is 5.69 Å². The molecule has 198 valence electrons. The maximum absolute atomic E-state index is 12.9. The zero-order valence-electron chi connectivity index (χ0n) is 18.9. The van der Waals surface area contributed by atoms with Gasteiger partial charge in [-0.2, -0.15) is 9.78 Å². The predicted molar refractivity (Wildman–Crippen MR) is 144 cm³/mol. The number of ether oxygens (including phenoxy) is 1. The van der Waals surface area contributed by atoms with Crippen LogP contribution < -0.4 is 20.7 Å². The van der Waals surface area contributed by atoms with Gasteiger partial charge in [0.2, 0.25) is 10.0 Å². The molecule has 4 aromatic rings. The summed E-state index contributed by atoms with van der Waals surface area (Å²) in [7, 11) is -4.16. The van der Waals surface area contributed by atoms with Gasteiger partial charge in [0, 0.05) is 22.7 Å². The molecule has 0 spiro atoms. The Morgan fingerprint density at radius 1 is 0.974 bits per heavy atom. The number of aromatic amines is 1. The second kappa shape index (κ2) is 11.4. The van der Waals surface area contributed by atoms with Gasteiger partial charge in [0.05, 0.1) is 15.7 Å². The zero-order valence-corrected chi connectivity index (χ0v) is 22.8. The highest BCUT2D eigenvalue weighted by Crippen LogP contribution is 2.39. The maximum atomic E-state index is 12.9. The van der Waals surface area contributed by atoms with Gasteiger partial charge < -0.3 is 9.84 Å². The van der Waals surface area contributed by atoms with Crippen molar-refractivity contribution in [2.45, 2.75) is 11.3 Å². The second-order valence-corrected chi connectivity index (χ2v) is 11.1. The summed E-state index contributed by atoms with van der Waals surface area (Å²) in [5.41, 5.74) is -0.651. The molecule has 0 saturated heterocycles. The highest BCUT2D eigenvalue weighted by molar-refractivity contribution is 7.89. The van der Waals surface area contributed by atoms with E-state index in [9.17, 15) is 23.1 Å². The van der Waals surface area contributed by atoms with E-state index in [4.69, 9.17) is 51.1 Å². The molecule has 1 heterocycles. The van der Waals surface area contributed by atoms with Crippen LogP contribution in [-0.2, 0) is 16.4 Å². The molecular formula is C23H16Cl4N4O6S. The van der Waals surface area contributed by atoms with E-state index < -0.39 is 31.9 Å². The predicted octanol–water partition coefficient (Wildman–Crippen LogP) is 4.55. The molecule has 0 amide bonds. The van der Waals surface area contributed by atoms with E-state index in [1.807, 2.05) is 0 Å². The highest BCUT2D eigenvalue weighted by atomic mass is 35.5. The fraction of sp³-hybridized carbons (Fsp3) is 0.0870. The van der Waals surface area contributed by atoms with E-state index in [2.05, 4.69) is 14.8 Å². The highest BCUT2D eigenvalue weighted by Gasteiger charge is 2.21. The fourth-order valence-corrected chi connectivity index (χ4v) is 5.51. The third kappa shape index (κ3) is 6.32. The molecule has 0 bridgehead atoms. The lowest BCUT2D eigenvalue weighted by molar-refractivity contribution is 0.448. The Morgan fingerprint density at radius 2 is 1.68 bits per heavy atom. The van der Waals surface area contributed by atoms with Crippen molar-refractivity contribution in [2.24, 2.45) is 0 Å². The molecule has 0 aliphatic heterocycles. The van der Waals surface area contributed by atoms with Crippen molar-refractivity contribution < 1.29 is 18.3 Å². The van der Waals surface area contributed by atoms with Crippen molar-refractivity contribution in [1.82, 2.24) is 19.5 Å². The van der Waals surface area contributed by atoms with E-state index in [-0.39, 0.29) is 40.2 Å². The number of sulfonamides is 1. The lowest BCUT2D eigenvalue weighted by Crippen LogP contribution is -2.30. The molecule has 3 aromatic carbocycles. The first-order valence-corrected chi connectivity index (χ1v) is 13.6. The molecule has 0 saturated carbocycles. The van der Waals surface area contributed by atoms with Gasteiger partial charge in [-0.15, -0.1) is 0 Å². The molecule has 0 atom stereocenters. The van der Waals surface area contributed by atoms with Crippen LogP contribution >= 0.6 is 46.4 Å². The molecular weight excluding hydrogens is 602 g/mol. The maximum Gasteiger partial charge on any atom is 0.349 e. The standard InChI is InChI=1S/C23H16Cl4N4O6S/c24-13-2-1-12(16(25)7-13)5-6-29-38(35,36)20-10-15(3-4-19(20)32)37-22-17(26)8-14(9-18(22)27)31-23(34)30-21(33)11-28-31/h1-4,7-11,29,32H,5-6H2,(H,30,33,34). The summed E-state index contributed by atoms with van der Waals surface area (Å²) in [4.78, 5) is 24.9. The molecule has 10 nitrogen and oxygen atoms in total. The summed E-state index contributed by atoms with van der Waals surface area (Å²) < 4.78 is 34.7. The number of benzene rings is 3. The van der Waals surface area contributed by atoms with Gasteiger partial charge in [-0.1, -0.05) is 52.5 Å². The van der Waals surface area contributed by atoms with E-state index in [0.29, 0.717) is 15.6 Å². The second-order valence-electron chi connectivity index (χ2n) is 7.70. The van der Waals surface area contributed by atoms with E-state index >= 15 is 0 Å². The first kappa shape index (κ1) is 28.0. The topological polar surface area (TPSA) is 143 Å². The minimum atomic E-state index is -4.16. The fourth-order valence-electron chi connectivity index (χ4n) is 3.32. The zero-order chi connectivity index (χ0) is 27.6. The van der Waals surface area contributed by atoms with Crippen molar-refractivity contribution in [3.05, 3.63) is 101 Å². The van der Waals surface area contributed by atoms with Crippen LogP contribution in [0.1, 0.15) is 5.56 Å². The number of hydrogen-bond donors (Lipinski definition) is 3. The number of aromatic nitrogens is 3. The van der Waals surface area contributed by atoms with E-state index in [1.54, 1.807) is 18.2 Å². The van der Waals surface area contributed by atoms with Crippen LogP contribution in [0.15, 0.2) is 69.2 Å². The summed E-state index contributed by atoms with van der Waals surface area (Å²) in [5, 5.41) is 14.7. The van der Waals surface area contributed by atoms with Gasteiger partial charge in [0.25, 0.3) is 5.56 Å². The summed E-state index contributed by atoms with van der Waals surface area (Å²) in [5.74, 6) is -0.556. The average Bonchev–Trinajstić information content (AvgIpc) is 2.83. The molecule has 0 aliphatic carbocycles. The van der Waals surface area contributed by atoms with E-state index in [1.165, 1.54) is 18.2 Å². The number of hydrogen-bond acceptors (Lipinski definition) is 7. The number of H-pyrrole nitrogens is 1. The van der Waals surface area contributed by atoms with Gasteiger partial charge in [0.1, 0.15) is 22.6 Å². The lowest BCUT2D eigenvalue weighted by atomic mass is 10.1. The Kier molecular flexibility index (Phi) is 8.36. The number of nitrogens with zero attached hydrogens (tertiary/aromatic N) is 2. The summed E-state index contributed by atoms with van der Waals surface area (Å²) in [6.45, 7) is -0.00845. The van der Waals surface area contributed by atoms with Gasteiger partial charge in [-0.05, 0) is 48.4 Å². The summed E-state index contributed by atoms with van der Waals surface area (Å²) in [6, 6.07) is 11.1. The van der Waals surface area contributed by atoms with Crippen LogP contribution in [0.3, 0.4) is 0 Å². The number of halogens is 4. The van der Waals surface area contributed by atoms with E-state index in [0.717, 1.165) is 23.0 Å². The summed E-state index contributed by atoms with van der Waals surface area (Å²) in [6.07, 6.45) is 1.18. The van der Waals surface area contributed by atoms with Crippen LogP contribution in [0.5, 0.6) is 17.2 Å². The smallest absolute Gasteiger partial charge is 0.349 e. The van der Waals surface area contributed by atoms with Crippen LogP contribution in [0.2, 0.25) is 20.1 Å². The Balaban J connectivity index is 1.55. The molecule has 15 heteroatoms. The van der Waals surface area contributed by atoms with Crippen LogP contribution in [-0.4, -0.2) is 34.8 Å². The van der Waals surface area contributed by atoms with Gasteiger partial charge in [-0.3, -0.25) is 9.78 Å². The number of phenols is 1.